The van der Waals surface area contributed by atoms with Crippen molar-refractivity contribution >= 4 is 69.8 Å². The predicted molar refractivity (Wildman–Crippen MR) is 227 cm³/mol. The zero-order valence-corrected chi connectivity index (χ0v) is 33.8. The third kappa shape index (κ3) is 11.0. The van der Waals surface area contributed by atoms with Crippen molar-refractivity contribution < 1.29 is 33.7 Å². The summed E-state index contributed by atoms with van der Waals surface area (Å²) in [7, 11) is 0. The molecule has 0 aliphatic carbocycles. The minimum absolute atomic E-state index is 0.00713. The van der Waals surface area contributed by atoms with E-state index in [0.717, 1.165) is 28.7 Å². The molecule has 61 heavy (non-hydrogen) atoms. The molecule has 5 unspecified atom stereocenters. The first kappa shape index (κ1) is 43.6. The highest BCUT2D eigenvalue weighted by atomic mass is 32.2. The summed E-state index contributed by atoms with van der Waals surface area (Å²) in [6.45, 7) is 0.246. The van der Waals surface area contributed by atoms with E-state index in [9.17, 15) is 38.9 Å². The third-order valence-electron chi connectivity index (χ3n) is 10.5. The summed E-state index contributed by atoms with van der Waals surface area (Å²) in [6.07, 6.45) is 2.54. The molecule has 4 aromatic rings. The summed E-state index contributed by atoms with van der Waals surface area (Å²) in [5.41, 5.74) is 18.5. The highest BCUT2D eigenvalue weighted by Gasteiger charge is 2.39. The number of rotatable bonds is 10. The van der Waals surface area contributed by atoms with Crippen LogP contribution in [0.3, 0.4) is 0 Å². The number of primary amides is 1. The van der Waals surface area contributed by atoms with E-state index in [1.807, 2.05) is 24.3 Å². The van der Waals surface area contributed by atoms with Crippen LogP contribution in [0.25, 0.3) is 10.9 Å². The monoisotopic (exact) mass is 853 g/mol. The van der Waals surface area contributed by atoms with Crippen molar-refractivity contribution in [1.82, 2.24) is 31.2 Å². The Bertz CT molecular complexity index is 2330. The highest BCUT2D eigenvalue weighted by molar-refractivity contribution is 7.99. The Balaban J connectivity index is 1.42. The van der Waals surface area contributed by atoms with E-state index in [4.69, 9.17) is 17.2 Å². The van der Waals surface area contributed by atoms with E-state index >= 15 is 0 Å². The van der Waals surface area contributed by atoms with Gasteiger partial charge in [0.25, 0.3) is 11.6 Å². The maximum Gasteiger partial charge on any atom is 0.270 e. The van der Waals surface area contributed by atoms with Crippen LogP contribution in [0.4, 0.5) is 5.69 Å². The molecular weight excluding hydrogens is 807 g/mol. The first-order valence-corrected chi connectivity index (χ1v) is 20.6. The first-order valence-electron chi connectivity index (χ1n) is 19.7. The van der Waals surface area contributed by atoms with E-state index < -0.39 is 70.6 Å². The molecule has 5 atom stereocenters. The molecule has 0 radical (unpaired) electrons. The number of nitro groups is 1. The maximum atomic E-state index is 14.3. The molecule has 11 N–H and O–H groups in total. The number of amides is 6. The normalized spacial score (nSPS) is 21.7. The largest absolute Gasteiger partial charge is 0.370 e. The molecule has 320 valence electrons. The predicted octanol–water partition coefficient (Wildman–Crippen LogP) is 0.750. The van der Waals surface area contributed by atoms with Crippen molar-refractivity contribution in [3.05, 3.63) is 106 Å². The molecule has 1 fully saturated rings. The fourth-order valence-electron chi connectivity index (χ4n) is 7.38. The number of carbonyl (C=O) groups is 6. The number of aliphatic imine (C=N–C) groups is 1. The number of nitrogens with zero attached hydrogens (tertiary/aromatic N) is 3. The Morgan fingerprint density at radius 2 is 1.51 bits per heavy atom. The van der Waals surface area contributed by atoms with Crippen LogP contribution >= 0.6 is 11.8 Å². The fourth-order valence-corrected chi connectivity index (χ4v) is 8.44. The minimum Gasteiger partial charge on any atom is -0.370 e. The number of nitro benzene ring substituents is 1. The van der Waals surface area contributed by atoms with Gasteiger partial charge in [-0.25, -0.2) is 0 Å². The van der Waals surface area contributed by atoms with E-state index in [-0.39, 0.29) is 73.1 Å². The second kappa shape index (κ2) is 19.9. The van der Waals surface area contributed by atoms with Crippen LogP contribution < -0.4 is 38.5 Å². The Kier molecular flexibility index (Phi) is 14.2. The number of aromatic amines is 1. The topological polar surface area (TPSA) is 303 Å². The standard InChI is InChI=1S/C41H47N11O8S/c42-35(53)32-22-61-34-15-14-25(52(59)60)20-27(34)40(58)51-17-7-13-33(51)39(57)49-30(18-23-8-2-1-3-9-23)37(55)47-29(12-6-16-45-41(43)44)36(54)48-31(38(56)50-32)19-24-21-46-28-11-5-4-10-26(24)28/h1-5,8-11,14-15,20-21,29-33,46H,6-7,12-13,16-19,22H2,(H2,42,53)(H,47,55)(H,48,54)(H,49,57)(H,50,56)(H4,43,44,45). The van der Waals surface area contributed by atoms with Gasteiger partial charge in [0.1, 0.15) is 30.2 Å². The summed E-state index contributed by atoms with van der Waals surface area (Å²) in [5, 5.41) is 23.7. The SMILES string of the molecule is NC(=O)C1CSc2ccc([N+](=O)[O-])cc2C(=O)N2CCCC2C(=O)NC(Cc2ccccc2)C(=O)NC(CCCN=C(N)N)C(=O)NC(Cc2c[nH]c3ccccc23)C(=O)N1. The zero-order valence-electron chi connectivity index (χ0n) is 33.0. The van der Waals surface area contributed by atoms with Crippen molar-refractivity contribution in [3.8, 4) is 0 Å². The molecule has 2 aliphatic heterocycles. The smallest absolute Gasteiger partial charge is 0.270 e. The number of nitrogens with two attached hydrogens (primary N) is 3. The number of fused-ring (bicyclic) bond motifs is 3. The molecule has 0 saturated carbocycles. The lowest BCUT2D eigenvalue weighted by Gasteiger charge is -2.28. The van der Waals surface area contributed by atoms with Gasteiger partial charge in [0.2, 0.25) is 29.5 Å². The zero-order chi connectivity index (χ0) is 43.6. The van der Waals surface area contributed by atoms with Crippen LogP contribution in [0.2, 0.25) is 0 Å². The van der Waals surface area contributed by atoms with Gasteiger partial charge in [0, 0.05) is 65.8 Å². The van der Waals surface area contributed by atoms with E-state index in [1.54, 1.807) is 36.5 Å². The minimum atomic E-state index is -1.35. The average molecular weight is 854 g/mol. The van der Waals surface area contributed by atoms with Gasteiger partial charge < -0.3 is 48.4 Å². The number of carbonyl (C=O) groups excluding carboxylic acids is 6. The summed E-state index contributed by atoms with van der Waals surface area (Å²) in [4.78, 5) is 104. The maximum absolute atomic E-state index is 14.3. The number of para-hydroxylation sites is 1. The lowest BCUT2D eigenvalue weighted by Crippen LogP contribution is -2.59. The van der Waals surface area contributed by atoms with Gasteiger partial charge in [-0.15, -0.1) is 11.8 Å². The molecule has 6 rings (SSSR count). The van der Waals surface area contributed by atoms with Crippen LogP contribution in [0, 0.1) is 10.1 Å². The van der Waals surface area contributed by atoms with Crippen LogP contribution in [0.5, 0.6) is 0 Å². The highest BCUT2D eigenvalue weighted by Crippen LogP contribution is 2.31. The summed E-state index contributed by atoms with van der Waals surface area (Å²) >= 11 is 0.954. The molecule has 3 heterocycles. The molecule has 0 spiro atoms. The lowest BCUT2D eigenvalue weighted by molar-refractivity contribution is -0.384. The molecule has 6 amide bonds. The number of hydrogen-bond donors (Lipinski definition) is 8. The van der Waals surface area contributed by atoms with Gasteiger partial charge in [-0.2, -0.15) is 0 Å². The number of non-ortho nitro benzene ring substituents is 1. The van der Waals surface area contributed by atoms with Crippen molar-refractivity contribution in [2.75, 3.05) is 18.8 Å². The molecule has 20 heteroatoms. The number of H-pyrrole nitrogens is 1. The lowest BCUT2D eigenvalue weighted by atomic mass is 10.0. The van der Waals surface area contributed by atoms with Gasteiger partial charge in [0.05, 0.1) is 10.5 Å². The van der Waals surface area contributed by atoms with Crippen LogP contribution in [-0.2, 0) is 36.8 Å². The second-order valence-corrected chi connectivity index (χ2v) is 15.8. The Hall–Kier alpha value is -6.96. The van der Waals surface area contributed by atoms with Crippen LogP contribution in [0.15, 0.2) is 88.9 Å². The Morgan fingerprint density at radius 3 is 2.25 bits per heavy atom. The van der Waals surface area contributed by atoms with Gasteiger partial charge in [-0.05, 0) is 48.9 Å². The van der Waals surface area contributed by atoms with Crippen molar-refractivity contribution in [3.63, 3.8) is 0 Å². The number of nitrogens with one attached hydrogen (secondary N) is 5. The van der Waals surface area contributed by atoms with Gasteiger partial charge in [-0.1, -0.05) is 48.5 Å². The molecule has 1 aromatic heterocycles. The molecule has 19 nitrogen and oxygen atoms in total. The Labute approximate surface area is 354 Å². The number of guanidine groups is 1. The molecular formula is C41H47N11O8S. The van der Waals surface area contributed by atoms with E-state index in [1.165, 1.54) is 17.0 Å². The second-order valence-electron chi connectivity index (χ2n) is 14.8. The third-order valence-corrected chi connectivity index (χ3v) is 11.7. The van der Waals surface area contributed by atoms with Crippen LogP contribution in [-0.4, -0.2) is 105 Å². The molecule has 3 aromatic carbocycles. The van der Waals surface area contributed by atoms with E-state index in [0.29, 0.717) is 17.5 Å². The quantitative estimate of drug-likeness (QED) is 0.0362. The van der Waals surface area contributed by atoms with Gasteiger partial charge in [0.15, 0.2) is 5.96 Å². The van der Waals surface area contributed by atoms with Crippen molar-refractivity contribution in [2.45, 2.75) is 73.6 Å². The fraction of sp³-hybridized carbons (Fsp3) is 0.341. The number of aromatic nitrogens is 1. The van der Waals surface area contributed by atoms with Crippen molar-refractivity contribution in [2.24, 2.45) is 22.2 Å². The van der Waals surface area contributed by atoms with Gasteiger partial charge >= 0.3 is 0 Å². The molecule has 0 bridgehead atoms. The van der Waals surface area contributed by atoms with Crippen LogP contribution in [0.1, 0.15) is 47.2 Å². The van der Waals surface area contributed by atoms with Crippen molar-refractivity contribution in [1.29, 1.82) is 0 Å². The molecule has 1 saturated heterocycles. The van der Waals surface area contributed by atoms with Gasteiger partial charge in [-0.3, -0.25) is 43.9 Å². The summed E-state index contributed by atoms with van der Waals surface area (Å²) in [6, 6.07) is 13.6. The summed E-state index contributed by atoms with van der Waals surface area (Å²) < 4.78 is 0. The number of hydrogen-bond acceptors (Lipinski definition) is 10. The number of benzene rings is 3. The Morgan fingerprint density at radius 1 is 0.836 bits per heavy atom. The van der Waals surface area contributed by atoms with E-state index in [2.05, 4.69) is 31.2 Å². The number of thioether (sulfide) groups is 1. The first-order chi connectivity index (χ1) is 29.3. The summed E-state index contributed by atoms with van der Waals surface area (Å²) in [5.74, 6) is -4.87. The average Bonchev–Trinajstić information content (AvgIpc) is 3.90. The molecule has 2 aliphatic rings.